The molecule has 0 N–H and O–H groups in total. The van der Waals surface area contributed by atoms with Crippen LogP contribution in [0.15, 0.2) is 36.7 Å². The van der Waals surface area contributed by atoms with Gasteiger partial charge in [-0.05, 0) is 49.8 Å². The van der Waals surface area contributed by atoms with E-state index in [9.17, 15) is 9.18 Å². The lowest BCUT2D eigenvalue weighted by Crippen LogP contribution is -2.41. The lowest BCUT2D eigenvalue weighted by molar-refractivity contribution is -0.142. The number of hydrogen-bond acceptors (Lipinski definition) is 4. The molecule has 1 aromatic carbocycles. The molecule has 3 heterocycles. The average Bonchev–Trinajstić information content (AvgIpc) is 3.48. The Morgan fingerprint density at radius 1 is 1.18 bits per heavy atom. The minimum atomic E-state index is -1.14. The summed E-state index contributed by atoms with van der Waals surface area (Å²) in [6, 6.07) is 9.67. The Morgan fingerprint density at radius 3 is 2.67 bits per heavy atom. The average molecular weight is 442 g/mol. The largest absolute Gasteiger partial charge is 0.487 e. The van der Waals surface area contributed by atoms with Gasteiger partial charge < -0.3 is 9.64 Å². The van der Waals surface area contributed by atoms with Crippen LogP contribution in [0.1, 0.15) is 66.8 Å². The molecule has 2 aliphatic heterocycles. The van der Waals surface area contributed by atoms with E-state index in [0.29, 0.717) is 56.4 Å². The maximum Gasteiger partial charge on any atom is 0.229 e. The first-order chi connectivity index (χ1) is 16.0. The molecule has 0 spiro atoms. The summed E-state index contributed by atoms with van der Waals surface area (Å²) in [7, 11) is 0. The zero-order valence-corrected chi connectivity index (χ0v) is 18.3. The molecule has 3 fully saturated rings. The second-order valence-electron chi connectivity index (χ2n) is 9.94. The van der Waals surface area contributed by atoms with Crippen LogP contribution in [0.5, 0.6) is 5.75 Å². The first-order valence-corrected chi connectivity index (χ1v) is 11.6. The summed E-state index contributed by atoms with van der Waals surface area (Å²) in [5.74, 6) is 7.15. The first-order valence-electron chi connectivity index (χ1n) is 11.6. The highest BCUT2D eigenvalue weighted by Crippen LogP contribution is 2.60. The first kappa shape index (κ1) is 20.2. The van der Waals surface area contributed by atoms with Crippen molar-refractivity contribution in [2.75, 3.05) is 6.54 Å². The van der Waals surface area contributed by atoms with Crippen molar-refractivity contribution < 1.29 is 13.9 Å². The van der Waals surface area contributed by atoms with Crippen LogP contribution in [0, 0.1) is 28.6 Å². The highest BCUT2D eigenvalue weighted by atomic mass is 19.1. The SMILES string of the molecule is N#CCc1ccc(C#Cc2cncc3c2O[C@H]2C[C@@H]3N(C(=O)C34CCC(F)(CC3)C4)C2)cc1. The van der Waals surface area contributed by atoms with Crippen LogP contribution in [0.3, 0.4) is 0 Å². The number of carbonyl (C=O) groups excluding carboxylic acids is 1. The van der Waals surface area contributed by atoms with Gasteiger partial charge in [-0.1, -0.05) is 24.0 Å². The van der Waals surface area contributed by atoms with E-state index >= 15 is 0 Å². The fraction of sp³-hybridized carbons (Fsp3) is 0.444. The summed E-state index contributed by atoms with van der Waals surface area (Å²) in [5, 5.41) is 8.82. The third-order valence-corrected chi connectivity index (χ3v) is 7.88. The number of carbonyl (C=O) groups is 1. The topological polar surface area (TPSA) is 66.2 Å². The Hall–Kier alpha value is -3.38. The van der Waals surface area contributed by atoms with E-state index in [1.54, 1.807) is 12.4 Å². The van der Waals surface area contributed by atoms with Crippen molar-refractivity contribution in [2.45, 2.75) is 62.8 Å². The molecule has 2 aliphatic carbocycles. The molecule has 4 aliphatic rings. The van der Waals surface area contributed by atoms with Gasteiger partial charge in [0.25, 0.3) is 0 Å². The van der Waals surface area contributed by atoms with Gasteiger partial charge >= 0.3 is 0 Å². The van der Waals surface area contributed by atoms with Crippen LogP contribution in [0.2, 0.25) is 0 Å². The van der Waals surface area contributed by atoms with Gasteiger partial charge in [-0.25, -0.2) is 4.39 Å². The number of nitrogens with zero attached hydrogens (tertiary/aromatic N) is 3. The lowest BCUT2D eigenvalue weighted by atomic mass is 9.82. The molecule has 5 nitrogen and oxygen atoms in total. The number of pyridine rings is 1. The van der Waals surface area contributed by atoms with Crippen molar-refractivity contribution in [3.63, 3.8) is 0 Å². The molecule has 4 bridgehead atoms. The van der Waals surface area contributed by atoms with Gasteiger partial charge in [-0.15, -0.1) is 0 Å². The minimum absolute atomic E-state index is 0.0750. The second kappa shape index (κ2) is 7.32. The van der Waals surface area contributed by atoms with Crippen LogP contribution in [0.4, 0.5) is 4.39 Å². The molecule has 2 aromatic rings. The van der Waals surface area contributed by atoms with E-state index in [1.165, 1.54) is 0 Å². The molecule has 2 saturated carbocycles. The molecule has 0 radical (unpaired) electrons. The van der Waals surface area contributed by atoms with Gasteiger partial charge in [0.1, 0.15) is 17.5 Å². The van der Waals surface area contributed by atoms with Gasteiger partial charge in [-0.2, -0.15) is 5.26 Å². The number of ether oxygens (including phenoxy) is 1. The normalized spacial score (nSPS) is 30.7. The van der Waals surface area contributed by atoms with Gasteiger partial charge in [-0.3, -0.25) is 9.78 Å². The number of alkyl halides is 1. The van der Waals surface area contributed by atoms with Gasteiger partial charge in [0.15, 0.2) is 0 Å². The van der Waals surface area contributed by atoms with E-state index in [0.717, 1.165) is 23.1 Å². The van der Waals surface area contributed by atoms with E-state index in [4.69, 9.17) is 10.00 Å². The maximum atomic E-state index is 14.8. The summed E-state index contributed by atoms with van der Waals surface area (Å²) in [6.07, 6.45) is 7.23. The number of likely N-dealkylation sites (tertiary alicyclic amines) is 1. The number of benzene rings is 1. The Morgan fingerprint density at radius 2 is 1.97 bits per heavy atom. The number of aromatic nitrogens is 1. The van der Waals surface area contributed by atoms with Crippen LogP contribution in [-0.2, 0) is 11.2 Å². The molecule has 1 amide bonds. The van der Waals surface area contributed by atoms with Crippen molar-refractivity contribution in [2.24, 2.45) is 5.41 Å². The third kappa shape index (κ3) is 3.28. The van der Waals surface area contributed by atoms with Crippen molar-refractivity contribution in [3.05, 3.63) is 58.9 Å². The molecule has 6 rings (SSSR count). The van der Waals surface area contributed by atoms with Crippen LogP contribution in [-0.4, -0.2) is 34.1 Å². The predicted molar refractivity (Wildman–Crippen MR) is 119 cm³/mol. The second-order valence-corrected chi connectivity index (χ2v) is 9.94. The van der Waals surface area contributed by atoms with Crippen LogP contribution >= 0.6 is 0 Å². The highest BCUT2D eigenvalue weighted by molar-refractivity contribution is 5.85. The van der Waals surface area contributed by atoms with E-state index < -0.39 is 11.1 Å². The van der Waals surface area contributed by atoms with E-state index in [1.807, 2.05) is 29.2 Å². The van der Waals surface area contributed by atoms with Gasteiger partial charge in [0.2, 0.25) is 5.91 Å². The van der Waals surface area contributed by atoms with Crippen molar-refractivity contribution >= 4 is 5.91 Å². The molecule has 166 valence electrons. The molecule has 1 saturated heterocycles. The number of hydrogen-bond donors (Lipinski definition) is 0. The van der Waals surface area contributed by atoms with Gasteiger partial charge in [0.05, 0.1) is 36.1 Å². The van der Waals surface area contributed by atoms with Crippen molar-refractivity contribution in [1.82, 2.24) is 9.88 Å². The Bertz CT molecular complexity index is 1230. The lowest BCUT2D eigenvalue weighted by Gasteiger charge is -2.33. The number of halogens is 1. The number of rotatable bonds is 2. The predicted octanol–water partition coefficient (Wildman–Crippen LogP) is 4.25. The summed E-state index contributed by atoms with van der Waals surface area (Å²) < 4.78 is 21.1. The standard InChI is InChI=1S/C27H24FN3O2/c28-27-10-8-26(17-27,9-11-27)25(32)31-16-21-13-23(31)22-15-30-14-20(24(22)33-21)6-5-18-1-3-19(4-2-18)7-12-29/h1-4,14-15,21,23H,7-11,13,16-17H2/t21-,23-,26?,27?/m0/s1. The summed E-state index contributed by atoms with van der Waals surface area (Å²) in [6.45, 7) is 0.534. The Balaban J connectivity index is 1.28. The van der Waals surface area contributed by atoms with E-state index in [-0.39, 0.29) is 18.1 Å². The highest BCUT2D eigenvalue weighted by Gasteiger charge is 2.61. The number of nitriles is 1. The van der Waals surface area contributed by atoms with E-state index in [2.05, 4.69) is 22.9 Å². The monoisotopic (exact) mass is 441 g/mol. The molecule has 1 aromatic heterocycles. The van der Waals surface area contributed by atoms with Crippen molar-refractivity contribution in [3.8, 4) is 23.7 Å². The van der Waals surface area contributed by atoms with Crippen molar-refractivity contribution in [1.29, 1.82) is 5.26 Å². The fourth-order valence-corrected chi connectivity index (χ4v) is 6.16. The summed E-state index contributed by atoms with van der Waals surface area (Å²) in [5.41, 5.74) is 1.74. The zero-order chi connectivity index (χ0) is 22.6. The quantitative estimate of drug-likeness (QED) is 0.654. The fourth-order valence-electron chi connectivity index (χ4n) is 6.16. The maximum absolute atomic E-state index is 14.8. The minimum Gasteiger partial charge on any atom is -0.487 e. The summed E-state index contributed by atoms with van der Waals surface area (Å²) in [4.78, 5) is 20.0. The molecule has 6 heteroatoms. The van der Waals surface area contributed by atoms with Gasteiger partial charge in [0, 0.05) is 29.9 Å². The molecular formula is C27H24FN3O2. The molecule has 33 heavy (non-hydrogen) atoms. The third-order valence-electron chi connectivity index (χ3n) is 7.88. The van der Waals surface area contributed by atoms with Crippen LogP contribution in [0.25, 0.3) is 0 Å². The smallest absolute Gasteiger partial charge is 0.229 e. The molecule has 2 atom stereocenters. The summed E-state index contributed by atoms with van der Waals surface area (Å²) >= 11 is 0. The molecular weight excluding hydrogens is 417 g/mol. The van der Waals surface area contributed by atoms with Crippen LogP contribution < -0.4 is 4.74 Å². The molecule has 0 unspecified atom stereocenters. The Kier molecular flexibility index (Phi) is 4.49. The zero-order valence-electron chi connectivity index (χ0n) is 18.3. The number of fused-ring (bicyclic) bond motifs is 6. The number of amides is 1. The Labute approximate surface area is 192 Å².